The van der Waals surface area contributed by atoms with Crippen LogP contribution in [-0.4, -0.2) is 31.6 Å². The Balaban J connectivity index is 1.60. The van der Waals surface area contributed by atoms with E-state index >= 15 is 0 Å². The number of hydrogen-bond acceptors (Lipinski definition) is 6. The zero-order valence-corrected chi connectivity index (χ0v) is 13.9. The van der Waals surface area contributed by atoms with Crippen LogP contribution in [0.4, 0.5) is 16.2 Å². The molecule has 0 saturated heterocycles. The van der Waals surface area contributed by atoms with E-state index in [2.05, 4.69) is 20.7 Å². The van der Waals surface area contributed by atoms with E-state index in [1.54, 1.807) is 36.4 Å². The molecule has 0 unspecified atom stereocenters. The molecule has 10 heteroatoms. The van der Waals surface area contributed by atoms with E-state index in [-0.39, 0.29) is 18.1 Å². The van der Waals surface area contributed by atoms with Gasteiger partial charge in [-0.1, -0.05) is 30.3 Å². The van der Waals surface area contributed by atoms with Crippen molar-refractivity contribution in [3.05, 3.63) is 71.0 Å². The largest absolute Gasteiger partial charge is 0.325 e. The topological polar surface area (TPSA) is 132 Å². The van der Waals surface area contributed by atoms with Crippen LogP contribution in [0.1, 0.15) is 0 Å². The number of rotatable bonds is 5. The quantitative estimate of drug-likeness (QED) is 0.525. The van der Waals surface area contributed by atoms with Gasteiger partial charge in [0.2, 0.25) is 5.91 Å². The fourth-order valence-electron chi connectivity index (χ4n) is 2.26. The number of benzene rings is 2. The van der Waals surface area contributed by atoms with Crippen LogP contribution < -0.4 is 10.6 Å². The lowest BCUT2D eigenvalue weighted by Gasteiger charge is -2.06. The summed E-state index contributed by atoms with van der Waals surface area (Å²) in [5, 5.41) is 19.6. The van der Waals surface area contributed by atoms with Gasteiger partial charge in [-0.25, -0.2) is 14.5 Å². The molecule has 2 N–H and O–H groups in total. The van der Waals surface area contributed by atoms with E-state index in [1.165, 1.54) is 29.2 Å². The molecule has 1 heterocycles. The first kappa shape index (κ1) is 17.7. The highest BCUT2D eigenvalue weighted by molar-refractivity contribution is 6.01. The second-order valence-corrected chi connectivity index (χ2v) is 5.44. The number of carbonyl (C=O) groups is 2. The molecule has 27 heavy (non-hydrogen) atoms. The summed E-state index contributed by atoms with van der Waals surface area (Å²) in [5.41, 5.74) is 0.917. The molecule has 0 fully saturated rings. The predicted molar refractivity (Wildman–Crippen MR) is 95.7 cm³/mol. The molecule has 3 aromatic rings. The number of nitrogens with zero attached hydrogens (tertiary/aromatic N) is 4. The Kier molecular flexibility index (Phi) is 5.17. The lowest BCUT2D eigenvalue weighted by Crippen LogP contribution is -2.36. The van der Waals surface area contributed by atoms with Crippen molar-refractivity contribution in [1.82, 2.24) is 20.1 Å². The summed E-state index contributed by atoms with van der Waals surface area (Å²) in [6.07, 6.45) is 1.31. The minimum Gasteiger partial charge on any atom is -0.308 e. The van der Waals surface area contributed by atoms with Gasteiger partial charge in [-0.2, -0.15) is 5.10 Å². The number of hydrogen-bond donors (Lipinski definition) is 2. The second-order valence-electron chi connectivity index (χ2n) is 5.44. The van der Waals surface area contributed by atoms with Gasteiger partial charge in [0.1, 0.15) is 12.9 Å². The van der Waals surface area contributed by atoms with E-state index in [0.29, 0.717) is 11.3 Å². The maximum Gasteiger partial charge on any atom is 0.325 e. The highest BCUT2D eigenvalue weighted by Gasteiger charge is 2.13. The second kappa shape index (κ2) is 7.87. The molecule has 136 valence electrons. The Morgan fingerprint density at radius 2 is 1.89 bits per heavy atom. The third-order valence-electron chi connectivity index (χ3n) is 3.44. The predicted octanol–water partition coefficient (Wildman–Crippen LogP) is 2.20. The molecule has 3 rings (SSSR count). The van der Waals surface area contributed by atoms with Crippen molar-refractivity contribution in [2.24, 2.45) is 0 Å². The summed E-state index contributed by atoms with van der Waals surface area (Å²) in [6.45, 7) is -0.232. The van der Waals surface area contributed by atoms with Crippen LogP contribution in [0, 0.1) is 10.1 Å². The van der Waals surface area contributed by atoms with Crippen LogP contribution in [0.5, 0.6) is 0 Å². The Hall–Kier alpha value is -4.08. The maximum absolute atomic E-state index is 12.0. The minimum atomic E-state index is -0.662. The fraction of sp³-hybridized carbons (Fsp3) is 0.0588. The number of nitrogens with one attached hydrogen (secondary N) is 2. The summed E-state index contributed by atoms with van der Waals surface area (Å²) in [4.78, 5) is 38.1. The summed E-state index contributed by atoms with van der Waals surface area (Å²) in [7, 11) is 0. The SMILES string of the molecule is O=C(Cn1cnc(-c2cccc([N+](=O)[O-])c2)n1)NC(=O)Nc1ccccc1. The first-order chi connectivity index (χ1) is 13.0. The number of carbonyl (C=O) groups excluding carboxylic acids is 2. The number of imide groups is 1. The number of non-ortho nitro benzene ring substituents is 1. The summed E-state index contributed by atoms with van der Waals surface area (Å²) in [5.74, 6) is -0.348. The normalized spacial score (nSPS) is 10.2. The average Bonchev–Trinajstić information content (AvgIpc) is 3.10. The molecule has 0 aliphatic rings. The first-order valence-electron chi connectivity index (χ1n) is 7.81. The number of amides is 3. The van der Waals surface area contributed by atoms with Crippen LogP contribution in [-0.2, 0) is 11.3 Å². The van der Waals surface area contributed by atoms with E-state index in [9.17, 15) is 19.7 Å². The van der Waals surface area contributed by atoms with Crippen molar-refractivity contribution < 1.29 is 14.5 Å². The molecular weight excluding hydrogens is 352 g/mol. The summed E-state index contributed by atoms with van der Waals surface area (Å²) in [6, 6.07) is 13.9. The Bertz CT molecular complexity index is 986. The van der Waals surface area contributed by atoms with Crippen molar-refractivity contribution in [3.8, 4) is 11.4 Å². The highest BCUT2D eigenvalue weighted by Crippen LogP contribution is 2.20. The smallest absolute Gasteiger partial charge is 0.308 e. The third kappa shape index (κ3) is 4.72. The number of para-hydroxylation sites is 1. The third-order valence-corrected chi connectivity index (χ3v) is 3.44. The van der Waals surface area contributed by atoms with Crippen LogP contribution in [0.3, 0.4) is 0 Å². The van der Waals surface area contributed by atoms with Crippen LogP contribution in [0.25, 0.3) is 11.4 Å². The van der Waals surface area contributed by atoms with Gasteiger partial charge in [0.15, 0.2) is 5.82 Å². The first-order valence-corrected chi connectivity index (χ1v) is 7.81. The maximum atomic E-state index is 12.0. The van der Waals surface area contributed by atoms with E-state index < -0.39 is 16.9 Å². The average molecular weight is 366 g/mol. The minimum absolute atomic E-state index is 0.0841. The van der Waals surface area contributed by atoms with Crippen molar-refractivity contribution in [3.63, 3.8) is 0 Å². The van der Waals surface area contributed by atoms with Crippen molar-refractivity contribution >= 4 is 23.3 Å². The molecule has 10 nitrogen and oxygen atoms in total. The highest BCUT2D eigenvalue weighted by atomic mass is 16.6. The van der Waals surface area contributed by atoms with E-state index in [1.807, 2.05) is 0 Å². The molecule has 0 aliphatic heterocycles. The van der Waals surface area contributed by atoms with Crippen molar-refractivity contribution in [2.75, 3.05) is 5.32 Å². The van der Waals surface area contributed by atoms with Gasteiger partial charge < -0.3 is 5.32 Å². The van der Waals surface area contributed by atoms with Crippen molar-refractivity contribution in [2.45, 2.75) is 6.54 Å². The monoisotopic (exact) mass is 366 g/mol. The fourth-order valence-corrected chi connectivity index (χ4v) is 2.26. The molecule has 0 bridgehead atoms. The molecule has 0 atom stereocenters. The molecule has 0 spiro atoms. The number of anilines is 1. The lowest BCUT2D eigenvalue weighted by atomic mass is 10.2. The number of nitro groups is 1. The van der Waals surface area contributed by atoms with E-state index in [4.69, 9.17) is 0 Å². The number of urea groups is 1. The van der Waals surface area contributed by atoms with Gasteiger partial charge in [-0.15, -0.1) is 0 Å². The standard InChI is InChI=1S/C17H14N6O4/c24-15(20-17(25)19-13-6-2-1-3-7-13)10-22-11-18-16(21-22)12-5-4-8-14(9-12)23(26)27/h1-9,11H,10H2,(H2,19,20,24,25). The molecule has 2 aromatic carbocycles. The van der Waals surface area contributed by atoms with Gasteiger partial charge >= 0.3 is 6.03 Å². The van der Waals surface area contributed by atoms with Crippen molar-refractivity contribution in [1.29, 1.82) is 0 Å². The summed E-state index contributed by atoms with van der Waals surface area (Å²) >= 11 is 0. The molecule has 3 amide bonds. The Morgan fingerprint density at radius 1 is 1.11 bits per heavy atom. The Morgan fingerprint density at radius 3 is 2.63 bits per heavy atom. The molecule has 0 aliphatic carbocycles. The van der Waals surface area contributed by atoms with Gasteiger partial charge in [0.05, 0.1) is 4.92 Å². The molecule has 0 radical (unpaired) electrons. The zero-order chi connectivity index (χ0) is 19.2. The number of nitro benzene ring substituents is 1. The van der Waals surface area contributed by atoms with Crippen LogP contribution in [0.2, 0.25) is 0 Å². The molecule has 0 saturated carbocycles. The van der Waals surface area contributed by atoms with Gasteiger partial charge in [-0.05, 0) is 12.1 Å². The number of aromatic nitrogens is 3. The lowest BCUT2D eigenvalue weighted by molar-refractivity contribution is -0.384. The molecule has 1 aromatic heterocycles. The van der Waals surface area contributed by atoms with Gasteiger partial charge in [0.25, 0.3) is 5.69 Å². The molecular formula is C17H14N6O4. The van der Waals surface area contributed by atoms with Gasteiger partial charge in [-0.3, -0.25) is 20.2 Å². The van der Waals surface area contributed by atoms with Crippen LogP contribution in [0.15, 0.2) is 60.9 Å². The Labute approximate surface area is 153 Å². The summed E-state index contributed by atoms with van der Waals surface area (Å²) < 4.78 is 1.24. The van der Waals surface area contributed by atoms with Crippen LogP contribution >= 0.6 is 0 Å². The van der Waals surface area contributed by atoms with Gasteiger partial charge in [0, 0.05) is 23.4 Å². The van der Waals surface area contributed by atoms with E-state index in [0.717, 1.165) is 0 Å². The zero-order valence-electron chi connectivity index (χ0n) is 13.9.